The first-order valence-electron chi connectivity index (χ1n) is 9.39. The Kier molecular flexibility index (Phi) is 7.37. The van der Waals surface area contributed by atoms with Gasteiger partial charge in [-0.2, -0.15) is 0 Å². The van der Waals surface area contributed by atoms with E-state index in [1.165, 1.54) is 12.1 Å². The van der Waals surface area contributed by atoms with Crippen molar-refractivity contribution >= 4 is 12.0 Å². The minimum absolute atomic E-state index is 0.0856. The molecule has 0 radical (unpaired) electrons. The number of carboxylic acid groups (broad SMARTS) is 1. The maximum absolute atomic E-state index is 13.7. The molecule has 1 aromatic rings. The standard InChI is InChI=1S/C20H30FN3O4/c1-20(2,3)18(14-6-5-7-15(21)10-14)22-19(27)24-8-9-28-16(12-24)11-23(4)13-17(25)26/h5-7,10,16,18H,8-9,11-13H2,1-4H3,(H,22,27)(H,25,26). The van der Waals surface area contributed by atoms with Crippen molar-refractivity contribution in [2.45, 2.75) is 32.9 Å². The molecule has 1 fully saturated rings. The van der Waals surface area contributed by atoms with E-state index >= 15 is 0 Å². The van der Waals surface area contributed by atoms with Crippen LogP contribution in [0.4, 0.5) is 9.18 Å². The first-order chi connectivity index (χ1) is 13.1. The number of rotatable bonds is 6. The number of amides is 2. The van der Waals surface area contributed by atoms with Crippen molar-refractivity contribution in [2.75, 3.05) is 39.8 Å². The van der Waals surface area contributed by atoms with Crippen LogP contribution in [-0.2, 0) is 9.53 Å². The van der Waals surface area contributed by atoms with E-state index in [2.05, 4.69) is 5.32 Å². The van der Waals surface area contributed by atoms with Crippen LogP contribution in [0, 0.1) is 11.2 Å². The molecule has 2 rings (SSSR count). The number of aliphatic carboxylic acids is 1. The first kappa shape index (κ1) is 22.1. The lowest BCUT2D eigenvalue weighted by molar-refractivity contribution is -0.138. The van der Waals surface area contributed by atoms with Crippen molar-refractivity contribution in [3.05, 3.63) is 35.6 Å². The predicted octanol–water partition coefficient (Wildman–Crippen LogP) is 2.34. The summed E-state index contributed by atoms with van der Waals surface area (Å²) in [7, 11) is 1.70. The molecule has 2 N–H and O–H groups in total. The highest BCUT2D eigenvalue weighted by Crippen LogP contribution is 2.33. The summed E-state index contributed by atoms with van der Waals surface area (Å²) in [5.74, 6) is -1.25. The average Bonchev–Trinajstić information content (AvgIpc) is 2.57. The van der Waals surface area contributed by atoms with Gasteiger partial charge in [-0.05, 0) is 30.2 Å². The first-order valence-corrected chi connectivity index (χ1v) is 9.39. The van der Waals surface area contributed by atoms with Crippen molar-refractivity contribution in [3.8, 4) is 0 Å². The fraction of sp³-hybridized carbons (Fsp3) is 0.600. The van der Waals surface area contributed by atoms with Crippen molar-refractivity contribution in [1.82, 2.24) is 15.1 Å². The zero-order chi connectivity index (χ0) is 20.9. The summed E-state index contributed by atoms with van der Waals surface area (Å²) in [6.07, 6.45) is -0.258. The number of hydrogen-bond donors (Lipinski definition) is 2. The van der Waals surface area contributed by atoms with E-state index in [0.717, 1.165) is 0 Å². The summed E-state index contributed by atoms with van der Waals surface area (Å²) in [6, 6.07) is 5.68. The van der Waals surface area contributed by atoms with Crippen LogP contribution < -0.4 is 5.32 Å². The van der Waals surface area contributed by atoms with Crippen LogP contribution in [0.5, 0.6) is 0 Å². The number of carbonyl (C=O) groups excluding carboxylic acids is 1. The van der Waals surface area contributed by atoms with E-state index < -0.39 is 5.97 Å². The minimum Gasteiger partial charge on any atom is -0.480 e. The highest BCUT2D eigenvalue weighted by molar-refractivity contribution is 5.75. The third-order valence-corrected chi connectivity index (χ3v) is 4.66. The number of benzene rings is 1. The van der Waals surface area contributed by atoms with Gasteiger partial charge >= 0.3 is 12.0 Å². The SMILES string of the molecule is CN(CC(=O)O)CC1CN(C(=O)NC(c2cccc(F)c2)C(C)(C)C)CCO1. The number of likely N-dealkylation sites (N-methyl/N-ethyl adjacent to an activating group) is 1. The van der Waals surface area contributed by atoms with E-state index in [4.69, 9.17) is 9.84 Å². The van der Waals surface area contributed by atoms with Gasteiger partial charge in [0.15, 0.2) is 0 Å². The molecule has 0 aliphatic carbocycles. The van der Waals surface area contributed by atoms with Gasteiger partial charge in [0.2, 0.25) is 0 Å². The monoisotopic (exact) mass is 395 g/mol. The topological polar surface area (TPSA) is 82.1 Å². The Bertz CT molecular complexity index is 692. The summed E-state index contributed by atoms with van der Waals surface area (Å²) < 4.78 is 19.4. The number of ether oxygens (including phenoxy) is 1. The Morgan fingerprint density at radius 1 is 1.43 bits per heavy atom. The van der Waals surface area contributed by atoms with Gasteiger partial charge in [-0.25, -0.2) is 9.18 Å². The van der Waals surface area contributed by atoms with Crippen LogP contribution >= 0.6 is 0 Å². The quantitative estimate of drug-likeness (QED) is 0.773. The average molecular weight is 395 g/mol. The number of carboxylic acids is 1. The van der Waals surface area contributed by atoms with Gasteiger partial charge in [0.25, 0.3) is 0 Å². The maximum atomic E-state index is 13.7. The Hall–Kier alpha value is -2.19. The predicted molar refractivity (Wildman–Crippen MR) is 104 cm³/mol. The van der Waals surface area contributed by atoms with Gasteiger partial charge in [-0.1, -0.05) is 32.9 Å². The van der Waals surface area contributed by atoms with E-state index in [1.807, 2.05) is 26.8 Å². The van der Waals surface area contributed by atoms with Crippen molar-refractivity contribution in [2.24, 2.45) is 5.41 Å². The molecule has 1 heterocycles. The van der Waals surface area contributed by atoms with E-state index in [-0.39, 0.29) is 36.0 Å². The molecule has 2 atom stereocenters. The number of carbonyl (C=O) groups is 2. The van der Waals surface area contributed by atoms with E-state index in [9.17, 15) is 14.0 Å². The molecule has 1 aliphatic heterocycles. The van der Waals surface area contributed by atoms with Crippen LogP contribution in [0.2, 0.25) is 0 Å². The number of nitrogens with one attached hydrogen (secondary N) is 1. The lowest BCUT2D eigenvalue weighted by Gasteiger charge is -2.38. The lowest BCUT2D eigenvalue weighted by atomic mass is 9.82. The molecule has 1 aliphatic rings. The van der Waals surface area contributed by atoms with Crippen LogP contribution in [0.25, 0.3) is 0 Å². The van der Waals surface area contributed by atoms with Crippen LogP contribution in [0.1, 0.15) is 32.4 Å². The normalized spacial score (nSPS) is 18.8. The van der Waals surface area contributed by atoms with E-state index in [0.29, 0.717) is 31.8 Å². The smallest absolute Gasteiger partial charge is 0.318 e. The largest absolute Gasteiger partial charge is 0.480 e. The third kappa shape index (κ3) is 6.45. The van der Waals surface area contributed by atoms with E-state index in [1.54, 1.807) is 22.9 Å². The van der Waals surface area contributed by atoms with Gasteiger partial charge in [0.1, 0.15) is 5.82 Å². The molecule has 156 valence electrons. The lowest BCUT2D eigenvalue weighted by Crippen LogP contribution is -2.53. The molecule has 2 unspecified atom stereocenters. The molecular formula is C20H30FN3O4. The number of halogens is 1. The van der Waals surface area contributed by atoms with Gasteiger partial charge in [-0.15, -0.1) is 0 Å². The zero-order valence-electron chi connectivity index (χ0n) is 16.9. The van der Waals surface area contributed by atoms with Crippen molar-refractivity contribution < 1.29 is 23.8 Å². The van der Waals surface area contributed by atoms with Gasteiger partial charge in [0.05, 0.1) is 25.3 Å². The summed E-state index contributed by atoms with van der Waals surface area (Å²) in [4.78, 5) is 27.0. The Morgan fingerprint density at radius 3 is 2.75 bits per heavy atom. The summed E-state index contributed by atoms with van der Waals surface area (Å²) in [5, 5.41) is 11.9. The fourth-order valence-corrected chi connectivity index (χ4v) is 3.36. The second-order valence-corrected chi connectivity index (χ2v) is 8.33. The number of urea groups is 1. The minimum atomic E-state index is -0.906. The Balaban J connectivity index is 2.03. The second kappa shape index (κ2) is 9.34. The summed E-state index contributed by atoms with van der Waals surface area (Å²) >= 11 is 0. The third-order valence-electron chi connectivity index (χ3n) is 4.66. The van der Waals surface area contributed by atoms with Crippen molar-refractivity contribution in [1.29, 1.82) is 0 Å². The van der Waals surface area contributed by atoms with Crippen LogP contribution in [0.15, 0.2) is 24.3 Å². The highest BCUT2D eigenvalue weighted by atomic mass is 19.1. The van der Waals surface area contributed by atoms with Gasteiger partial charge in [-0.3, -0.25) is 9.69 Å². The van der Waals surface area contributed by atoms with Crippen LogP contribution in [-0.4, -0.2) is 72.8 Å². The van der Waals surface area contributed by atoms with Crippen LogP contribution in [0.3, 0.4) is 0 Å². The zero-order valence-corrected chi connectivity index (χ0v) is 16.9. The molecule has 1 saturated heterocycles. The van der Waals surface area contributed by atoms with Gasteiger partial charge < -0.3 is 20.1 Å². The van der Waals surface area contributed by atoms with Crippen molar-refractivity contribution in [3.63, 3.8) is 0 Å². The molecule has 0 spiro atoms. The fourth-order valence-electron chi connectivity index (χ4n) is 3.36. The number of nitrogens with zero attached hydrogens (tertiary/aromatic N) is 2. The second-order valence-electron chi connectivity index (χ2n) is 8.33. The molecule has 0 aromatic heterocycles. The summed E-state index contributed by atoms with van der Waals surface area (Å²) in [5.41, 5.74) is 0.406. The maximum Gasteiger partial charge on any atom is 0.318 e. The molecule has 7 nitrogen and oxygen atoms in total. The Labute approximate surface area is 165 Å². The highest BCUT2D eigenvalue weighted by Gasteiger charge is 2.32. The molecular weight excluding hydrogens is 365 g/mol. The molecule has 1 aromatic carbocycles. The molecule has 0 bridgehead atoms. The Morgan fingerprint density at radius 2 is 2.14 bits per heavy atom. The molecule has 0 saturated carbocycles. The molecule has 8 heteroatoms. The van der Waals surface area contributed by atoms with Gasteiger partial charge in [0, 0.05) is 19.6 Å². The number of morpholine rings is 1. The number of hydrogen-bond acceptors (Lipinski definition) is 4. The summed E-state index contributed by atoms with van der Waals surface area (Å²) in [6.45, 7) is 7.52. The molecule has 28 heavy (non-hydrogen) atoms. The molecule has 2 amide bonds.